The minimum Gasteiger partial charge on any atom is -0.494 e. The Morgan fingerprint density at radius 1 is 1.10 bits per heavy atom. The monoisotopic (exact) mass is 269 g/mol. The molecule has 3 heteroatoms. The average Bonchev–Trinajstić information content (AvgIpc) is 2.46. The number of benzene rings is 2. The van der Waals surface area contributed by atoms with Gasteiger partial charge in [0, 0.05) is 5.56 Å². The summed E-state index contributed by atoms with van der Waals surface area (Å²) in [5.74, 6) is 0.802. The van der Waals surface area contributed by atoms with Gasteiger partial charge in [-0.2, -0.15) is 0 Å². The van der Waals surface area contributed by atoms with Crippen LogP contribution in [-0.2, 0) is 0 Å². The summed E-state index contributed by atoms with van der Waals surface area (Å²) in [7, 11) is 1.52. The average molecular weight is 269 g/mol. The molecule has 0 aromatic heterocycles. The largest absolute Gasteiger partial charge is 0.494 e. The Balaban J connectivity index is 2.39. The lowest BCUT2D eigenvalue weighted by Crippen LogP contribution is -2.06. The lowest BCUT2D eigenvalue weighted by atomic mass is 9.97. The fourth-order valence-electron chi connectivity index (χ4n) is 2.14. The van der Waals surface area contributed by atoms with Crippen molar-refractivity contribution in [2.75, 3.05) is 12.8 Å². The molecule has 2 N–H and O–H groups in total. The van der Waals surface area contributed by atoms with Gasteiger partial charge in [-0.25, -0.2) is 0 Å². The van der Waals surface area contributed by atoms with Crippen molar-refractivity contribution in [3.05, 3.63) is 59.2 Å². The van der Waals surface area contributed by atoms with Crippen molar-refractivity contribution in [2.24, 2.45) is 0 Å². The fourth-order valence-corrected chi connectivity index (χ4v) is 2.14. The Kier molecular flexibility index (Phi) is 4.08. The molecule has 3 nitrogen and oxygen atoms in total. The van der Waals surface area contributed by atoms with Gasteiger partial charge < -0.3 is 10.5 Å². The van der Waals surface area contributed by atoms with Gasteiger partial charge in [-0.1, -0.05) is 44.2 Å². The van der Waals surface area contributed by atoms with Crippen LogP contribution in [0.2, 0.25) is 0 Å². The third-order valence-corrected chi connectivity index (χ3v) is 3.33. The molecule has 0 atom stereocenters. The highest BCUT2D eigenvalue weighted by Gasteiger charge is 2.16. The predicted octanol–water partition coefficient (Wildman–Crippen LogP) is 3.63. The van der Waals surface area contributed by atoms with Gasteiger partial charge >= 0.3 is 0 Å². The minimum atomic E-state index is -0.0792. The van der Waals surface area contributed by atoms with Gasteiger partial charge in [0.25, 0.3) is 0 Å². The number of methoxy groups -OCH3 is 1. The first-order valence-electron chi connectivity index (χ1n) is 6.61. The smallest absolute Gasteiger partial charge is 0.196 e. The summed E-state index contributed by atoms with van der Waals surface area (Å²) in [5.41, 5.74) is 8.64. The van der Waals surface area contributed by atoms with E-state index in [1.165, 1.54) is 12.7 Å². The Morgan fingerprint density at radius 3 is 2.30 bits per heavy atom. The number of ketones is 1. The first-order valence-corrected chi connectivity index (χ1v) is 6.61. The highest BCUT2D eigenvalue weighted by atomic mass is 16.5. The zero-order valence-corrected chi connectivity index (χ0v) is 12.0. The number of hydrogen-bond donors (Lipinski definition) is 1. The van der Waals surface area contributed by atoms with Crippen LogP contribution in [0.5, 0.6) is 5.75 Å². The number of hydrogen-bond acceptors (Lipinski definition) is 3. The van der Waals surface area contributed by atoms with Gasteiger partial charge in [-0.15, -0.1) is 0 Å². The van der Waals surface area contributed by atoms with E-state index in [1.54, 1.807) is 18.2 Å². The number of rotatable bonds is 4. The van der Waals surface area contributed by atoms with Crippen LogP contribution >= 0.6 is 0 Å². The quantitative estimate of drug-likeness (QED) is 0.681. The van der Waals surface area contributed by atoms with Gasteiger partial charge in [0.2, 0.25) is 0 Å². The molecule has 0 amide bonds. The molecule has 2 aromatic carbocycles. The van der Waals surface area contributed by atoms with Crippen LogP contribution in [-0.4, -0.2) is 12.9 Å². The highest BCUT2D eigenvalue weighted by molar-refractivity contribution is 6.11. The number of carbonyl (C=O) groups excluding carboxylic acids is 1. The van der Waals surface area contributed by atoms with Gasteiger partial charge in [0.15, 0.2) is 11.5 Å². The number of para-hydroxylation sites is 1. The van der Waals surface area contributed by atoms with E-state index in [0.29, 0.717) is 28.5 Å². The molecule has 0 unspecified atom stereocenters. The van der Waals surface area contributed by atoms with Gasteiger partial charge in [0.05, 0.1) is 18.4 Å². The van der Waals surface area contributed by atoms with Crippen molar-refractivity contribution in [1.82, 2.24) is 0 Å². The third kappa shape index (κ3) is 2.67. The molecular weight excluding hydrogens is 250 g/mol. The van der Waals surface area contributed by atoms with Crippen LogP contribution in [0.15, 0.2) is 42.5 Å². The van der Waals surface area contributed by atoms with Crippen molar-refractivity contribution < 1.29 is 9.53 Å². The molecule has 0 spiro atoms. The number of ether oxygens (including phenoxy) is 1. The summed E-state index contributed by atoms with van der Waals surface area (Å²) in [4.78, 5) is 12.5. The maximum atomic E-state index is 12.5. The molecule has 20 heavy (non-hydrogen) atoms. The molecule has 0 bridgehead atoms. The van der Waals surface area contributed by atoms with E-state index in [0.717, 1.165) is 0 Å². The molecule has 104 valence electrons. The van der Waals surface area contributed by atoms with Crippen molar-refractivity contribution in [1.29, 1.82) is 0 Å². The molecule has 0 saturated carbocycles. The van der Waals surface area contributed by atoms with Crippen LogP contribution < -0.4 is 10.5 Å². The molecule has 0 aliphatic rings. The lowest BCUT2D eigenvalue weighted by Gasteiger charge is -2.11. The minimum absolute atomic E-state index is 0.0792. The van der Waals surface area contributed by atoms with Crippen molar-refractivity contribution in [2.45, 2.75) is 19.8 Å². The predicted molar refractivity (Wildman–Crippen MR) is 81.4 cm³/mol. The molecule has 2 aromatic rings. The van der Waals surface area contributed by atoms with E-state index >= 15 is 0 Å². The summed E-state index contributed by atoms with van der Waals surface area (Å²) in [6, 6.07) is 12.9. The van der Waals surface area contributed by atoms with Crippen LogP contribution in [0.3, 0.4) is 0 Å². The fraction of sp³-hybridized carbons (Fsp3) is 0.235. The van der Waals surface area contributed by atoms with E-state index in [4.69, 9.17) is 10.5 Å². The highest BCUT2D eigenvalue weighted by Crippen LogP contribution is 2.28. The number of nitrogen functional groups attached to an aromatic ring is 1. The Hall–Kier alpha value is -2.29. The third-order valence-electron chi connectivity index (χ3n) is 3.33. The molecule has 0 radical (unpaired) electrons. The van der Waals surface area contributed by atoms with E-state index in [2.05, 4.69) is 13.8 Å². The van der Waals surface area contributed by atoms with E-state index in [9.17, 15) is 4.79 Å². The lowest BCUT2D eigenvalue weighted by molar-refractivity contribution is 0.103. The number of carbonyl (C=O) groups is 1. The number of anilines is 1. The zero-order chi connectivity index (χ0) is 14.7. The summed E-state index contributed by atoms with van der Waals surface area (Å²) in [5, 5.41) is 0. The summed E-state index contributed by atoms with van der Waals surface area (Å²) in [6.45, 7) is 4.25. The second-order valence-electron chi connectivity index (χ2n) is 5.03. The second-order valence-corrected chi connectivity index (χ2v) is 5.03. The van der Waals surface area contributed by atoms with Gasteiger partial charge in [-0.05, 0) is 23.6 Å². The van der Waals surface area contributed by atoms with E-state index in [-0.39, 0.29) is 5.78 Å². The molecule has 0 aliphatic heterocycles. The van der Waals surface area contributed by atoms with Crippen molar-refractivity contribution in [3.63, 3.8) is 0 Å². The Bertz CT molecular complexity index is 615. The first-order chi connectivity index (χ1) is 9.54. The van der Waals surface area contributed by atoms with Crippen LogP contribution in [0.1, 0.15) is 41.3 Å². The molecule has 0 saturated heterocycles. The maximum absolute atomic E-state index is 12.5. The molecule has 2 rings (SSSR count). The first kappa shape index (κ1) is 14.1. The van der Waals surface area contributed by atoms with E-state index in [1.807, 2.05) is 24.3 Å². The van der Waals surface area contributed by atoms with Gasteiger partial charge in [-0.3, -0.25) is 4.79 Å². The van der Waals surface area contributed by atoms with E-state index < -0.39 is 0 Å². The molecule has 0 aliphatic carbocycles. The SMILES string of the molecule is COc1c(N)cccc1C(=O)c1ccc(C(C)C)cc1. The summed E-state index contributed by atoms with van der Waals surface area (Å²) >= 11 is 0. The second kappa shape index (κ2) is 5.78. The molecule has 0 fully saturated rings. The van der Waals surface area contributed by atoms with Crippen molar-refractivity contribution >= 4 is 11.5 Å². The normalized spacial score (nSPS) is 10.6. The molecule has 0 heterocycles. The molecular formula is C17H19NO2. The van der Waals surface area contributed by atoms with Crippen LogP contribution in [0, 0.1) is 0 Å². The zero-order valence-electron chi connectivity index (χ0n) is 12.0. The Labute approximate surface area is 119 Å². The van der Waals surface area contributed by atoms with Crippen molar-refractivity contribution in [3.8, 4) is 5.75 Å². The van der Waals surface area contributed by atoms with Crippen LogP contribution in [0.4, 0.5) is 5.69 Å². The number of nitrogens with two attached hydrogens (primary N) is 1. The maximum Gasteiger partial charge on any atom is 0.196 e. The summed E-state index contributed by atoms with van der Waals surface area (Å²) < 4.78 is 5.23. The topological polar surface area (TPSA) is 52.3 Å². The summed E-state index contributed by atoms with van der Waals surface area (Å²) in [6.07, 6.45) is 0. The Morgan fingerprint density at radius 2 is 1.75 bits per heavy atom. The van der Waals surface area contributed by atoms with Crippen LogP contribution in [0.25, 0.3) is 0 Å². The van der Waals surface area contributed by atoms with Gasteiger partial charge in [0.1, 0.15) is 0 Å². The standard InChI is InChI=1S/C17H19NO2/c1-11(2)12-7-9-13(10-8-12)16(19)14-5-4-6-15(18)17(14)20-3/h4-11H,18H2,1-3H3.